The first kappa shape index (κ1) is 18.3. The first-order valence-electron chi connectivity index (χ1n) is 8.48. The summed E-state index contributed by atoms with van der Waals surface area (Å²) in [7, 11) is 0. The molecule has 0 saturated carbocycles. The molecule has 0 spiro atoms. The summed E-state index contributed by atoms with van der Waals surface area (Å²) in [4.78, 5) is 40.9. The zero-order valence-corrected chi connectivity index (χ0v) is 15.4. The van der Waals surface area contributed by atoms with E-state index >= 15 is 0 Å². The van der Waals surface area contributed by atoms with Crippen molar-refractivity contribution in [3.63, 3.8) is 0 Å². The maximum atomic E-state index is 12.5. The molecule has 3 rings (SSSR count). The molecule has 0 atom stereocenters. The Hall–Kier alpha value is -2.45. The molecular formula is C18H21N3O4S. The Morgan fingerprint density at radius 3 is 2.46 bits per heavy atom. The Morgan fingerprint density at radius 1 is 1.12 bits per heavy atom. The van der Waals surface area contributed by atoms with Crippen molar-refractivity contribution in [1.29, 1.82) is 0 Å². The number of carbonyl (C=O) groups is 3. The molecule has 1 fully saturated rings. The fraction of sp³-hybridized carbons (Fsp3) is 0.389. The van der Waals surface area contributed by atoms with E-state index in [9.17, 15) is 14.4 Å². The van der Waals surface area contributed by atoms with Crippen LogP contribution in [0.25, 0.3) is 0 Å². The Labute approximate surface area is 155 Å². The molecule has 1 aliphatic heterocycles. The second-order valence-corrected chi connectivity index (χ2v) is 7.17. The minimum absolute atomic E-state index is 0.0181. The molecular weight excluding hydrogens is 354 g/mol. The van der Waals surface area contributed by atoms with E-state index < -0.39 is 0 Å². The van der Waals surface area contributed by atoms with Crippen LogP contribution in [-0.4, -0.2) is 66.7 Å². The molecule has 0 aliphatic carbocycles. The first-order chi connectivity index (χ1) is 12.5. The van der Waals surface area contributed by atoms with Gasteiger partial charge in [0.25, 0.3) is 11.8 Å². The van der Waals surface area contributed by atoms with Crippen molar-refractivity contribution in [2.24, 2.45) is 0 Å². The van der Waals surface area contributed by atoms with Crippen LogP contribution >= 0.6 is 11.3 Å². The van der Waals surface area contributed by atoms with Crippen molar-refractivity contribution in [3.8, 4) is 0 Å². The summed E-state index contributed by atoms with van der Waals surface area (Å²) in [5.74, 6) is 0.0489. The smallest absolute Gasteiger partial charge is 0.287 e. The normalized spacial score (nSPS) is 15.0. The standard InChI is InChI=1S/C18H21N3O4S/c1-13(22)15-4-5-16(26-15)18(24)21-10-8-20(9-11-21)7-6-19-17(23)14-3-2-12-25-14/h2-5,12H,6-11H2,1H3,(H,19,23). The van der Waals surface area contributed by atoms with Crippen molar-refractivity contribution >= 4 is 28.9 Å². The van der Waals surface area contributed by atoms with Gasteiger partial charge in [-0.3, -0.25) is 19.3 Å². The Morgan fingerprint density at radius 2 is 1.85 bits per heavy atom. The number of furan rings is 1. The summed E-state index contributed by atoms with van der Waals surface area (Å²) < 4.78 is 5.05. The summed E-state index contributed by atoms with van der Waals surface area (Å²) in [5, 5.41) is 2.82. The molecule has 7 nitrogen and oxygen atoms in total. The Balaban J connectivity index is 1.41. The van der Waals surface area contributed by atoms with Crippen molar-refractivity contribution in [2.75, 3.05) is 39.3 Å². The zero-order chi connectivity index (χ0) is 18.5. The van der Waals surface area contributed by atoms with E-state index in [0.29, 0.717) is 35.1 Å². The summed E-state index contributed by atoms with van der Waals surface area (Å²) >= 11 is 1.25. The molecule has 1 aliphatic rings. The lowest BCUT2D eigenvalue weighted by molar-refractivity contribution is 0.0642. The summed E-state index contributed by atoms with van der Waals surface area (Å²) in [6, 6.07) is 6.73. The van der Waals surface area contributed by atoms with Crippen molar-refractivity contribution in [1.82, 2.24) is 15.1 Å². The van der Waals surface area contributed by atoms with Gasteiger partial charge in [-0.1, -0.05) is 0 Å². The lowest BCUT2D eigenvalue weighted by Crippen LogP contribution is -2.50. The van der Waals surface area contributed by atoms with E-state index in [2.05, 4.69) is 10.2 Å². The molecule has 8 heteroatoms. The van der Waals surface area contributed by atoms with Gasteiger partial charge in [0.05, 0.1) is 16.0 Å². The Kier molecular flexibility index (Phi) is 5.85. The second-order valence-electron chi connectivity index (χ2n) is 6.09. The lowest BCUT2D eigenvalue weighted by Gasteiger charge is -2.34. The highest BCUT2D eigenvalue weighted by Crippen LogP contribution is 2.19. The molecule has 2 aromatic rings. The minimum Gasteiger partial charge on any atom is -0.459 e. The number of thiophene rings is 1. The Bertz CT molecular complexity index is 776. The van der Waals surface area contributed by atoms with Crippen LogP contribution in [0.4, 0.5) is 0 Å². The molecule has 2 aromatic heterocycles. The molecule has 138 valence electrons. The van der Waals surface area contributed by atoms with Gasteiger partial charge in [-0.25, -0.2) is 0 Å². The van der Waals surface area contributed by atoms with Crippen molar-refractivity contribution in [2.45, 2.75) is 6.92 Å². The number of Topliss-reactive ketones (excluding diaryl/α,β-unsaturated/α-hetero) is 1. The number of carbonyl (C=O) groups excluding carboxylic acids is 3. The topological polar surface area (TPSA) is 82.9 Å². The highest BCUT2D eigenvalue weighted by Gasteiger charge is 2.23. The molecule has 0 unspecified atom stereocenters. The third kappa shape index (κ3) is 4.39. The monoisotopic (exact) mass is 375 g/mol. The number of nitrogens with one attached hydrogen (secondary N) is 1. The van der Waals surface area contributed by atoms with E-state index in [1.165, 1.54) is 24.5 Å². The number of hydrogen-bond acceptors (Lipinski definition) is 6. The molecule has 0 aromatic carbocycles. The van der Waals surface area contributed by atoms with Crippen LogP contribution in [0.3, 0.4) is 0 Å². The van der Waals surface area contributed by atoms with Crippen LogP contribution in [-0.2, 0) is 0 Å². The van der Waals surface area contributed by atoms with E-state index in [-0.39, 0.29) is 17.6 Å². The van der Waals surface area contributed by atoms with Gasteiger partial charge in [-0.05, 0) is 31.2 Å². The van der Waals surface area contributed by atoms with Gasteiger partial charge in [0.15, 0.2) is 11.5 Å². The summed E-state index contributed by atoms with van der Waals surface area (Å²) in [6.07, 6.45) is 1.47. The highest BCUT2D eigenvalue weighted by atomic mass is 32.1. The van der Waals surface area contributed by atoms with Crippen LogP contribution in [0.2, 0.25) is 0 Å². The first-order valence-corrected chi connectivity index (χ1v) is 9.30. The zero-order valence-electron chi connectivity index (χ0n) is 14.6. The fourth-order valence-corrected chi connectivity index (χ4v) is 3.66. The van der Waals surface area contributed by atoms with E-state index in [1.807, 2.05) is 4.90 Å². The second kappa shape index (κ2) is 8.29. The number of piperazine rings is 1. The van der Waals surface area contributed by atoms with E-state index in [1.54, 1.807) is 24.3 Å². The average molecular weight is 375 g/mol. The number of hydrogen-bond donors (Lipinski definition) is 1. The van der Waals surface area contributed by atoms with Crippen molar-refractivity contribution < 1.29 is 18.8 Å². The predicted molar refractivity (Wildman–Crippen MR) is 97.7 cm³/mol. The SMILES string of the molecule is CC(=O)c1ccc(C(=O)N2CCN(CCNC(=O)c3ccco3)CC2)s1. The molecule has 0 bridgehead atoms. The molecule has 1 saturated heterocycles. The van der Waals surface area contributed by atoms with Crippen LogP contribution < -0.4 is 5.32 Å². The van der Waals surface area contributed by atoms with Gasteiger partial charge in [0, 0.05) is 39.3 Å². The summed E-state index contributed by atoms with van der Waals surface area (Å²) in [5.41, 5.74) is 0. The van der Waals surface area contributed by atoms with Crippen LogP contribution in [0.1, 0.15) is 36.8 Å². The van der Waals surface area contributed by atoms with Crippen LogP contribution in [0.15, 0.2) is 34.9 Å². The molecule has 3 heterocycles. The van der Waals surface area contributed by atoms with Gasteiger partial charge < -0.3 is 14.6 Å². The largest absolute Gasteiger partial charge is 0.459 e. The maximum Gasteiger partial charge on any atom is 0.287 e. The van der Waals surface area contributed by atoms with E-state index in [4.69, 9.17) is 4.42 Å². The number of nitrogens with zero attached hydrogens (tertiary/aromatic N) is 2. The molecule has 1 N–H and O–H groups in total. The molecule has 2 amide bonds. The van der Waals surface area contributed by atoms with Gasteiger partial charge in [-0.2, -0.15) is 0 Å². The molecule has 26 heavy (non-hydrogen) atoms. The number of rotatable bonds is 6. The maximum absolute atomic E-state index is 12.5. The number of ketones is 1. The molecule has 0 radical (unpaired) electrons. The van der Waals surface area contributed by atoms with Gasteiger partial charge in [-0.15, -0.1) is 11.3 Å². The van der Waals surface area contributed by atoms with Gasteiger partial charge >= 0.3 is 0 Å². The summed E-state index contributed by atoms with van der Waals surface area (Å²) in [6.45, 7) is 5.54. The third-order valence-corrected chi connectivity index (χ3v) is 5.46. The van der Waals surface area contributed by atoms with Gasteiger partial charge in [0.1, 0.15) is 0 Å². The fourth-order valence-electron chi connectivity index (χ4n) is 2.79. The van der Waals surface area contributed by atoms with Crippen molar-refractivity contribution in [3.05, 3.63) is 46.0 Å². The third-order valence-electron chi connectivity index (χ3n) is 4.28. The average Bonchev–Trinajstić information content (AvgIpc) is 3.33. The van der Waals surface area contributed by atoms with Crippen LogP contribution in [0, 0.1) is 0 Å². The highest BCUT2D eigenvalue weighted by molar-refractivity contribution is 7.15. The predicted octanol–water partition coefficient (Wildman–Crippen LogP) is 1.73. The quantitative estimate of drug-likeness (QED) is 0.778. The van der Waals surface area contributed by atoms with Gasteiger partial charge in [0.2, 0.25) is 0 Å². The van der Waals surface area contributed by atoms with Crippen LogP contribution in [0.5, 0.6) is 0 Å². The number of amides is 2. The lowest BCUT2D eigenvalue weighted by atomic mass is 10.3. The van der Waals surface area contributed by atoms with E-state index in [0.717, 1.165) is 19.6 Å². The minimum atomic E-state index is -0.220.